The van der Waals surface area contributed by atoms with Gasteiger partial charge in [-0.1, -0.05) is 117 Å². The molecule has 0 saturated carbocycles. The van der Waals surface area contributed by atoms with E-state index in [4.69, 9.17) is 41.1 Å². The molecule has 5 aromatic rings. The van der Waals surface area contributed by atoms with Crippen molar-refractivity contribution >= 4 is 144 Å². The lowest BCUT2D eigenvalue weighted by Gasteiger charge is -2.23. The first-order chi connectivity index (χ1) is 31.3. The van der Waals surface area contributed by atoms with Gasteiger partial charge in [0.25, 0.3) is 0 Å². The number of aromatic nitrogens is 4. The molecule has 0 bridgehead atoms. The number of rotatable bonds is 18. The SMILES string of the molecule is C=CCC.CCC1=C(c2ccc(C([O][AlH2])[O][AlH2])cc2)NN=C(c2ccc(C([O][AlH2])[O][AlH2])cc2)C1.N#N.[AlH2][O]C([O][AlH2])c1ccc(-c2nnc(-c3ccc(C([O][AlH2])[O][AlH2])cc3)nn2)cc1. The second-order valence-corrected chi connectivity index (χ2v) is 17.4. The van der Waals surface area contributed by atoms with Crippen LogP contribution in [0.2, 0.25) is 0 Å². The Morgan fingerprint density at radius 1 is 0.516 bits per heavy atom. The van der Waals surface area contributed by atoms with Crippen molar-refractivity contribution in [3.8, 4) is 22.8 Å². The van der Waals surface area contributed by atoms with Crippen LogP contribution in [-0.2, 0) is 30.3 Å². The van der Waals surface area contributed by atoms with E-state index < -0.39 is 0 Å². The Labute approximate surface area is 441 Å². The normalized spacial score (nSPS) is 12.0. The molecule has 24 heteroatoms. The molecule has 324 valence electrons. The molecule has 2 heterocycles. The fraction of sp³-hybridized carbons (Fsp3) is 0.225. The van der Waals surface area contributed by atoms with E-state index in [0.29, 0.717) is 145 Å². The molecular formula is C40H52Al8N8O8. The van der Waals surface area contributed by atoms with Crippen molar-refractivity contribution < 1.29 is 30.3 Å². The van der Waals surface area contributed by atoms with Gasteiger partial charge in [-0.05, 0) is 29.5 Å². The van der Waals surface area contributed by atoms with Crippen LogP contribution in [-0.4, -0.2) is 159 Å². The van der Waals surface area contributed by atoms with Crippen molar-refractivity contribution in [2.24, 2.45) is 5.10 Å². The highest BCUT2D eigenvalue weighted by Gasteiger charge is 2.19. The first kappa shape index (κ1) is 56.5. The standard InChI is InChI=1S/C20H18N2O4.C16H10N4O4.C4H8.8Al.N2.16H/c1-2-12-11-17(13-3-7-15(8-4-13)19(23)24)21-22-18(12)14-5-9-16(10-6-14)20(25)26;21-15(22)11-5-1-9(2-6-11)13-17-19-14(20-18-13)10-3-7-12(8-4-10)16(23)24;1-3-4-2;;;;;;;;;1-2;;;;;;;;;;;;;;;;/h3-10,19-20,22H,2,11H2,1H3;1-8,15-16H;3H,1,4H2,2H3;;;;;;;;;;;;;;;;;;;;;;;;;/q2*-4;;8*+1;;;;;;;;;;;;;;;;;. The molecular weight excluding hydrogens is 936 g/mol. The quantitative estimate of drug-likeness (QED) is 0.0563. The molecule has 64 heavy (non-hydrogen) atoms. The summed E-state index contributed by atoms with van der Waals surface area (Å²) in [4.78, 5) is 0. The van der Waals surface area contributed by atoms with Crippen molar-refractivity contribution in [1.29, 1.82) is 10.8 Å². The number of allylic oxidation sites excluding steroid dienone is 2. The maximum atomic E-state index is 6.00. The van der Waals surface area contributed by atoms with E-state index in [-0.39, 0.29) is 25.2 Å². The molecule has 0 atom stereocenters. The lowest BCUT2D eigenvalue weighted by Crippen LogP contribution is -2.19. The van der Waals surface area contributed by atoms with E-state index in [1.54, 1.807) is 0 Å². The van der Waals surface area contributed by atoms with Crippen molar-refractivity contribution in [1.82, 2.24) is 25.8 Å². The Hall–Kier alpha value is -1.87. The predicted octanol–water partition coefficient (Wildman–Crippen LogP) is 0.930. The minimum atomic E-state index is -0.282. The number of nitrogens with one attached hydrogen (secondary N) is 1. The topological polar surface area (TPSA) is 197 Å². The van der Waals surface area contributed by atoms with Crippen molar-refractivity contribution in [3.63, 3.8) is 0 Å². The van der Waals surface area contributed by atoms with Crippen LogP contribution in [0.15, 0.2) is 120 Å². The smallest absolute Gasteiger partial charge is 0.413 e. The highest BCUT2D eigenvalue weighted by molar-refractivity contribution is 6.04. The summed E-state index contributed by atoms with van der Waals surface area (Å²) in [6, 6.07) is 32.1. The maximum absolute atomic E-state index is 6.00. The lowest BCUT2D eigenvalue weighted by molar-refractivity contribution is 0.0178. The monoisotopic (exact) mass is 988 g/mol. The van der Waals surface area contributed by atoms with Gasteiger partial charge in [-0.25, -0.2) is 0 Å². The third-order valence-corrected chi connectivity index (χ3v) is 13.2. The third-order valence-electron chi connectivity index (χ3n) is 9.81. The van der Waals surface area contributed by atoms with E-state index in [0.717, 1.165) is 75.2 Å². The molecule has 1 aromatic heterocycles. The summed E-state index contributed by atoms with van der Waals surface area (Å²) in [5, 5.41) is 33.6. The summed E-state index contributed by atoms with van der Waals surface area (Å²) in [7, 11) is 0. The molecule has 0 amide bonds. The minimum absolute atomic E-state index is 0.232. The van der Waals surface area contributed by atoms with Crippen LogP contribution in [0.3, 0.4) is 0 Å². The zero-order valence-electron chi connectivity index (χ0n) is 38.3. The summed E-state index contributed by atoms with van der Waals surface area (Å²) in [5.41, 5.74) is 14.7. The van der Waals surface area contributed by atoms with E-state index in [1.807, 2.05) is 54.6 Å². The maximum Gasteiger partial charge on any atom is 0.413 e. The Morgan fingerprint density at radius 2 is 0.797 bits per heavy atom. The Balaban J connectivity index is 0.000000304. The molecule has 0 aliphatic carbocycles. The van der Waals surface area contributed by atoms with Crippen LogP contribution in [0.1, 0.15) is 91.7 Å². The average molecular weight is 989 g/mol. The highest BCUT2D eigenvalue weighted by atomic mass is 27.1. The molecule has 1 aliphatic rings. The van der Waals surface area contributed by atoms with E-state index in [1.165, 1.54) is 5.57 Å². The second kappa shape index (κ2) is 32.0. The fourth-order valence-corrected chi connectivity index (χ4v) is 11.7. The predicted molar refractivity (Wildman–Crippen MR) is 265 cm³/mol. The van der Waals surface area contributed by atoms with Crippen LogP contribution in [0.4, 0.5) is 0 Å². The Kier molecular flexibility index (Phi) is 28.2. The van der Waals surface area contributed by atoms with Gasteiger partial charge in [-0.3, -0.25) is 5.43 Å². The number of hydrogen-bond donors (Lipinski definition) is 1. The second-order valence-electron chi connectivity index (χ2n) is 13.6. The molecule has 0 unspecified atom stereocenters. The molecule has 1 aliphatic heterocycles. The molecule has 0 radical (unpaired) electrons. The van der Waals surface area contributed by atoms with E-state index in [2.05, 4.69) is 99.9 Å². The molecule has 6 rings (SSSR count). The van der Waals surface area contributed by atoms with Crippen molar-refractivity contribution in [2.75, 3.05) is 0 Å². The molecule has 0 saturated heterocycles. The largest absolute Gasteiger partial charge is 0.483 e. The van der Waals surface area contributed by atoms with Crippen LogP contribution < -0.4 is 5.43 Å². The number of hydrazone groups is 1. The van der Waals surface area contributed by atoms with Crippen LogP contribution in [0.25, 0.3) is 28.5 Å². The van der Waals surface area contributed by atoms with Gasteiger partial charge in [0, 0.05) is 50.6 Å². The average Bonchev–Trinajstić information content (AvgIpc) is 3.37. The summed E-state index contributed by atoms with van der Waals surface area (Å²) in [6.07, 6.45) is 3.72. The summed E-state index contributed by atoms with van der Waals surface area (Å²) >= 11 is 5.07. The van der Waals surface area contributed by atoms with Crippen LogP contribution in [0, 0.1) is 10.8 Å². The third kappa shape index (κ3) is 16.7. The number of nitrogens with zero attached hydrogens (tertiary/aromatic N) is 7. The summed E-state index contributed by atoms with van der Waals surface area (Å²) in [5.74, 6) is 0.937. The van der Waals surface area contributed by atoms with Gasteiger partial charge in [-0.2, -0.15) is 5.10 Å². The van der Waals surface area contributed by atoms with Gasteiger partial charge in [0.05, 0.1) is 11.4 Å². The fourth-order valence-electron chi connectivity index (χ4n) is 6.42. The zero-order chi connectivity index (χ0) is 46.9. The first-order valence-corrected chi connectivity index (χ1v) is 26.9. The summed E-state index contributed by atoms with van der Waals surface area (Å²) in [6.45, 7) is 7.73. The van der Waals surface area contributed by atoms with Crippen LogP contribution in [0.5, 0.6) is 0 Å². The first-order valence-electron chi connectivity index (χ1n) is 20.3. The lowest BCUT2D eigenvalue weighted by atomic mass is 9.94. The van der Waals surface area contributed by atoms with Gasteiger partial charge in [0.15, 0.2) is 0 Å². The van der Waals surface area contributed by atoms with E-state index >= 15 is 0 Å². The zero-order valence-corrected chi connectivity index (χ0v) is 54.3. The van der Waals surface area contributed by atoms with Crippen LogP contribution >= 0.6 is 0 Å². The molecule has 1 N–H and O–H groups in total. The van der Waals surface area contributed by atoms with Gasteiger partial charge in [0.1, 0.15) is 25.2 Å². The van der Waals surface area contributed by atoms with Gasteiger partial charge in [0.2, 0.25) is 11.6 Å². The summed E-state index contributed by atoms with van der Waals surface area (Å²) < 4.78 is 43.7. The molecule has 0 fully saturated rings. The number of benzene rings is 4. The van der Waals surface area contributed by atoms with Gasteiger partial charge < -0.3 is 30.3 Å². The van der Waals surface area contributed by atoms with Gasteiger partial charge >= 0.3 is 133 Å². The van der Waals surface area contributed by atoms with Gasteiger partial charge in [-0.15, -0.1) is 27.0 Å². The molecule has 16 nitrogen and oxygen atoms in total. The number of hydrogen-bond acceptors (Lipinski definition) is 16. The molecule has 4 aromatic carbocycles. The van der Waals surface area contributed by atoms with Crippen molar-refractivity contribution in [3.05, 3.63) is 149 Å². The highest BCUT2D eigenvalue weighted by Crippen LogP contribution is 2.29. The molecule has 0 spiro atoms. The van der Waals surface area contributed by atoms with E-state index in [9.17, 15) is 0 Å². The minimum Gasteiger partial charge on any atom is -0.483 e. The van der Waals surface area contributed by atoms with Crippen molar-refractivity contribution in [2.45, 2.75) is 58.3 Å². The Morgan fingerprint density at radius 3 is 1.06 bits per heavy atom. The Bertz CT molecular complexity index is 2120.